The van der Waals surface area contributed by atoms with E-state index in [-0.39, 0.29) is 23.1 Å². The van der Waals surface area contributed by atoms with Gasteiger partial charge in [0.25, 0.3) is 11.9 Å². The second-order valence-electron chi connectivity index (χ2n) is 7.24. The molecular formula is C20H18F3N7O2. The maximum Gasteiger partial charge on any atom is 0.416 e. The molecule has 0 bridgehead atoms. The molecule has 1 amide bonds. The molecule has 0 radical (unpaired) electrons. The lowest BCUT2D eigenvalue weighted by Gasteiger charge is -2.20. The Morgan fingerprint density at radius 3 is 2.50 bits per heavy atom. The summed E-state index contributed by atoms with van der Waals surface area (Å²) in [7, 11) is 0. The Hall–Kier alpha value is -4.01. The molecule has 2 heterocycles. The van der Waals surface area contributed by atoms with Crippen molar-refractivity contribution in [2.75, 3.05) is 0 Å². The molecule has 1 aromatic carbocycles. The lowest BCUT2D eigenvalue weighted by molar-refractivity contribution is -0.137. The maximum atomic E-state index is 13.4. The molecule has 32 heavy (non-hydrogen) atoms. The number of amides is 1. The number of carbonyl (C=O) groups excluding carboxylic acids is 1. The van der Waals surface area contributed by atoms with Crippen molar-refractivity contribution in [2.45, 2.75) is 38.6 Å². The predicted molar refractivity (Wildman–Crippen MR) is 105 cm³/mol. The van der Waals surface area contributed by atoms with Crippen molar-refractivity contribution in [2.24, 2.45) is 0 Å². The molecule has 2 aromatic heterocycles. The molecule has 0 spiro atoms. The minimum atomic E-state index is -4.72. The topological polar surface area (TPSA) is 119 Å². The summed E-state index contributed by atoms with van der Waals surface area (Å²) in [5.41, 5.74) is -2.77. The summed E-state index contributed by atoms with van der Waals surface area (Å²) in [6.45, 7) is 4.38. The van der Waals surface area contributed by atoms with Crippen LogP contribution in [0.25, 0.3) is 5.95 Å². The maximum absolute atomic E-state index is 13.4. The number of alkyl halides is 3. The van der Waals surface area contributed by atoms with E-state index < -0.39 is 29.3 Å². The van der Waals surface area contributed by atoms with E-state index >= 15 is 0 Å². The molecule has 166 valence electrons. The molecule has 1 atom stereocenters. The fourth-order valence-corrected chi connectivity index (χ4v) is 2.72. The van der Waals surface area contributed by atoms with E-state index in [1.54, 1.807) is 13.0 Å². The van der Waals surface area contributed by atoms with Gasteiger partial charge in [-0.05, 0) is 45.0 Å². The van der Waals surface area contributed by atoms with Gasteiger partial charge in [-0.25, -0.2) is 15.0 Å². The number of hydrogen-bond donors (Lipinski definition) is 1. The quantitative estimate of drug-likeness (QED) is 0.619. The molecule has 0 saturated carbocycles. The van der Waals surface area contributed by atoms with Gasteiger partial charge in [0.15, 0.2) is 11.4 Å². The third-order valence-electron chi connectivity index (χ3n) is 4.19. The number of nitrogens with zero attached hydrogens (tertiary/aromatic N) is 6. The van der Waals surface area contributed by atoms with E-state index in [0.29, 0.717) is 6.07 Å². The first-order valence-electron chi connectivity index (χ1n) is 9.31. The highest BCUT2D eigenvalue weighted by molar-refractivity contribution is 5.95. The molecule has 3 aromatic rings. The molecule has 1 unspecified atom stereocenters. The van der Waals surface area contributed by atoms with Crippen molar-refractivity contribution in [3.8, 4) is 17.8 Å². The van der Waals surface area contributed by atoms with E-state index in [9.17, 15) is 18.0 Å². The average molecular weight is 445 g/mol. The number of halogens is 3. The van der Waals surface area contributed by atoms with Gasteiger partial charge in [0.05, 0.1) is 11.6 Å². The van der Waals surface area contributed by atoms with Gasteiger partial charge in [-0.3, -0.25) is 4.79 Å². The Labute approximate surface area is 180 Å². The lowest BCUT2D eigenvalue weighted by Crippen LogP contribution is -2.30. The van der Waals surface area contributed by atoms with Crippen molar-refractivity contribution < 1.29 is 22.7 Å². The van der Waals surface area contributed by atoms with Crippen LogP contribution in [0.2, 0.25) is 0 Å². The lowest BCUT2D eigenvalue weighted by atomic mass is 10.1. The first kappa shape index (κ1) is 22.7. The summed E-state index contributed by atoms with van der Waals surface area (Å²) < 4.78 is 46.7. The van der Waals surface area contributed by atoms with Gasteiger partial charge in [-0.1, -0.05) is 0 Å². The van der Waals surface area contributed by atoms with E-state index in [1.165, 1.54) is 37.3 Å². The van der Waals surface area contributed by atoms with Crippen LogP contribution in [-0.4, -0.2) is 36.2 Å². The zero-order valence-corrected chi connectivity index (χ0v) is 17.3. The van der Waals surface area contributed by atoms with Gasteiger partial charge in [-0.2, -0.15) is 28.2 Å². The highest BCUT2D eigenvalue weighted by atomic mass is 19.4. The zero-order chi connectivity index (χ0) is 23.5. The van der Waals surface area contributed by atoms with Crippen LogP contribution in [0.5, 0.6) is 5.75 Å². The van der Waals surface area contributed by atoms with Gasteiger partial charge >= 0.3 is 6.18 Å². The zero-order valence-electron chi connectivity index (χ0n) is 17.3. The third kappa shape index (κ3) is 5.18. The molecule has 1 N–H and O–H groups in total. The number of carbonyl (C=O) groups is 1. The van der Waals surface area contributed by atoms with Crippen LogP contribution in [0.15, 0.2) is 43.0 Å². The van der Waals surface area contributed by atoms with E-state index in [2.05, 4.69) is 25.4 Å². The van der Waals surface area contributed by atoms with Crippen LogP contribution in [0.1, 0.15) is 48.6 Å². The smallest absolute Gasteiger partial charge is 0.416 e. The second kappa shape index (κ2) is 8.62. The standard InChI is InChI=1S/C20H18F3N7O2/c1-12(16-27-11-28-30(16)18-25-5-4-6-26-18)29-17(31)13-7-14(20(21,22)23)9-15(8-13)32-19(2,3)10-24/h4-9,11-12H,1-3H3,(H,29,31). The van der Waals surface area contributed by atoms with Crippen molar-refractivity contribution >= 4 is 5.91 Å². The van der Waals surface area contributed by atoms with Crippen LogP contribution in [-0.2, 0) is 6.18 Å². The van der Waals surface area contributed by atoms with E-state index in [1.807, 2.05) is 6.07 Å². The van der Waals surface area contributed by atoms with Crippen molar-refractivity contribution in [3.05, 3.63) is 59.9 Å². The highest BCUT2D eigenvalue weighted by Crippen LogP contribution is 2.34. The minimum absolute atomic E-state index is 0.217. The Morgan fingerprint density at radius 2 is 1.88 bits per heavy atom. The molecule has 0 aliphatic heterocycles. The number of ether oxygens (including phenoxy) is 1. The summed E-state index contributed by atoms with van der Waals surface area (Å²) in [5.74, 6) is -0.565. The molecule has 3 rings (SSSR count). The Kier molecular flexibility index (Phi) is 6.11. The van der Waals surface area contributed by atoms with Crippen LogP contribution in [0.3, 0.4) is 0 Å². The largest absolute Gasteiger partial charge is 0.473 e. The normalized spacial score (nSPS) is 12.7. The molecule has 0 aliphatic carbocycles. The van der Waals surface area contributed by atoms with Crippen LogP contribution < -0.4 is 10.1 Å². The Morgan fingerprint density at radius 1 is 1.19 bits per heavy atom. The SMILES string of the molecule is CC(NC(=O)c1cc(OC(C)(C)C#N)cc(C(F)(F)F)c1)c1ncnn1-c1ncccn1. The fraction of sp³-hybridized carbons (Fsp3) is 0.300. The van der Waals surface area contributed by atoms with Crippen molar-refractivity contribution in [1.82, 2.24) is 30.0 Å². The number of rotatable bonds is 6. The van der Waals surface area contributed by atoms with Gasteiger partial charge in [0.1, 0.15) is 18.1 Å². The third-order valence-corrected chi connectivity index (χ3v) is 4.19. The number of aromatic nitrogens is 5. The predicted octanol–water partition coefficient (Wildman–Crippen LogP) is 3.25. The van der Waals surface area contributed by atoms with Gasteiger partial charge in [-0.15, -0.1) is 0 Å². The molecule has 0 saturated heterocycles. The van der Waals surface area contributed by atoms with E-state index in [4.69, 9.17) is 10.00 Å². The van der Waals surface area contributed by atoms with Crippen molar-refractivity contribution in [3.63, 3.8) is 0 Å². The van der Waals surface area contributed by atoms with Gasteiger partial charge < -0.3 is 10.1 Å². The molecule has 9 nitrogen and oxygen atoms in total. The molecule has 0 fully saturated rings. The summed E-state index contributed by atoms with van der Waals surface area (Å²) in [4.78, 5) is 25.0. The highest BCUT2D eigenvalue weighted by Gasteiger charge is 2.33. The van der Waals surface area contributed by atoms with Gasteiger partial charge in [0.2, 0.25) is 0 Å². The Balaban J connectivity index is 1.89. The van der Waals surface area contributed by atoms with Crippen LogP contribution in [0, 0.1) is 11.3 Å². The first-order chi connectivity index (χ1) is 15.0. The summed E-state index contributed by atoms with van der Waals surface area (Å²) in [6.07, 6.45) is -0.468. The number of nitrogens with one attached hydrogen (secondary N) is 1. The molecule has 0 aliphatic rings. The van der Waals surface area contributed by atoms with Crippen molar-refractivity contribution in [1.29, 1.82) is 5.26 Å². The van der Waals surface area contributed by atoms with Gasteiger partial charge in [0, 0.05) is 18.0 Å². The first-order valence-corrected chi connectivity index (χ1v) is 9.31. The minimum Gasteiger partial charge on any atom is -0.473 e. The number of nitriles is 1. The summed E-state index contributed by atoms with van der Waals surface area (Å²) in [6, 6.07) is 5.29. The number of hydrogen-bond acceptors (Lipinski definition) is 7. The summed E-state index contributed by atoms with van der Waals surface area (Å²) >= 11 is 0. The molecule has 12 heteroatoms. The molecular weight excluding hydrogens is 427 g/mol. The fourth-order valence-electron chi connectivity index (χ4n) is 2.72. The average Bonchev–Trinajstić information content (AvgIpc) is 3.23. The Bertz CT molecular complexity index is 1150. The monoisotopic (exact) mass is 445 g/mol. The summed E-state index contributed by atoms with van der Waals surface area (Å²) in [5, 5.41) is 15.7. The van der Waals surface area contributed by atoms with Crippen LogP contribution >= 0.6 is 0 Å². The van der Waals surface area contributed by atoms with E-state index in [0.717, 1.165) is 12.1 Å². The van der Waals surface area contributed by atoms with Crippen LogP contribution in [0.4, 0.5) is 13.2 Å². The second-order valence-corrected chi connectivity index (χ2v) is 7.24. The number of benzene rings is 1.